The normalized spacial score (nSPS) is 25.6. The van der Waals surface area contributed by atoms with Crippen molar-refractivity contribution in [3.63, 3.8) is 0 Å². The summed E-state index contributed by atoms with van der Waals surface area (Å²) in [6.07, 6.45) is 4.19. The zero-order valence-electron chi connectivity index (χ0n) is 9.48. The third-order valence-corrected chi connectivity index (χ3v) is 3.42. The summed E-state index contributed by atoms with van der Waals surface area (Å²) in [4.78, 5) is 10.8. The summed E-state index contributed by atoms with van der Waals surface area (Å²) < 4.78 is 5.17. The first kappa shape index (κ1) is 11.2. The van der Waals surface area contributed by atoms with Gasteiger partial charge in [-0.1, -0.05) is 12.1 Å². The fourth-order valence-electron chi connectivity index (χ4n) is 2.32. The number of hydrogen-bond acceptors (Lipinski definition) is 3. The maximum absolute atomic E-state index is 10.8. The number of aryl methyl sites for hydroxylation is 1. The van der Waals surface area contributed by atoms with E-state index in [0.717, 1.165) is 43.6 Å². The summed E-state index contributed by atoms with van der Waals surface area (Å²) >= 11 is 0. The van der Waals surface area contributed by atoms with Crippen LogP contribution in [-0.2, 0) is 11.2 Å². The first-order valence-corrected chi connectivity index (χ1v) is 5.89. The first-order valence-electron chi connectivity index (χ1n) is 5.89. The van der Waals surface area contributed by atoms with Crippen molar-refractivity contribution in [2.45, 2.75) is 44.9 Å². The van der Waals surface area contributed by atoms with Gasteiger partial charge in [-0.15, -0.1) is 0 Å². The summed E-state index contributed by atoms with van der Waals surface area (Å²) in [7, 11) is 0. The number of rotatable bonds is 3. The number of aromatic nitrogens is 1. The smallest absolute Gasteiger partial charge is 0.306 e. The van der Waals surface area contributed by atoms with Crippen LogP contribution in [0.15, 0.2) is 10.6 Å². The van der Waals surface area contributed by atoms with Crippen LogP contribution in [0.3, 0.4) is 0 Å². The molecule has 1 heterocycles. The Hall–Kier alpha value is -1.32. The molecule has 4 heteroatoms. The number of carboxylic acids is 1. The van der Waals surface area contributed by atoms with Crippen LogP contribution in [0.2, 0.25) is 0 Å². The second-order valence-corrected chi connectivity index (χ2v) is 4.46. The molecule has 0 saturated heterocycles. The topological polar surface area (TPSA) is 63.3 Å². The van der Waals surface area contributed by atoms with Crippen molar-refractivity contribution >= 4 is 5.97 Å². The Labute approximate surface area is 94.6 Å². The minimum absolute atomic E-state index is 0.159. The fraction of sp³-hybridized carbons (Fsp3) is 0.667. The Kier molecular flexibility index (Phi) is 3.27. The highest BCUT2D eigenvalue weighted by atomic mass is 16.5. The predicted octanol–water partition coefficient (Wildman–Crippen LogP) is 2.60. The van der Waals surface area contributed by atoms with Crippen molar-refractivity contribution in [3.8, 4) is 0 Å². The second kappa shape index (κ2) is 4.68. The highest BCUT2D eigenvalue weighted by molar-refractivity contribution is 5.70. The van der Waals surface area contributed by atoms with Crippen molar-refractivity contribution in [1.82, 2.24) is 5.16 Å². The van der Waals surface area contributed by atoms with E-state index in [-0.39, 0.29) is 5.92 Å². The summed E-state index contributed by atoms with van der Waals surface area (Å²) in [5, 5.41) is 13.0. The lowest BCUT2D eigenvalue weighted by Gasteiger charge is -2.24. The lowest BCUT2D eigenvalue weighted by Crippen LogP contribution is -2.20. The van der Waals surface area contributed by atoms with Crippen molar-refractivity contribution in [3.05, 3.63) is 17.5 Å². The quantitative estimate of drug-likeness (QED) is 0.855. The molecule has 1 N–H and O–H groups in total. The van der Waals surface area contributed by atoms with Crippen LogP contribution in [0, 0.1) is 5.92 Å². The van der Waals surface area contributed by atoms with E-state index in [2.05, 4.69) is 5.16 Å². The first-order chi connectivity index (χ1) is 7.70. The summed E-state index contributed by atoms with van der Waals surface area (Å²) in [5.74, 6) is 0.483. The molecule has 1 fully saturated rings. The van der Waals surface area contributed by atoms with Gasteiger partial charge in [-0.3, -0.25) is 4.79 Å². The lowest BCUT2D eigenvalue weighted by molar-refractivity contribution is -0.142. The summed E-state index contributed by atoms with van der Waals surface area (Å²) in [6, 6.07) is 2.01. The van der Waals surface area contributed by atoms with E-state index < -0.39 is 5.97 Å². The van der Waals surface area contributed by atoms with Crippen molar-refractivity contribution in [1.29, 1.82) is 0 Å². The molecular weight excluding hydrogens is 206 g/mol. The molecule has 0 amide bonds. The average Bonchev–Trinajstić information content (AvgIpc) is 2.77. The van der Waals surface area contributed by atoms with E-state index in [1.807, 2.05) is 13.0 Å². The number of aliphatic carboxylic acids is 1. The maximum Gasteiger partial charge on any atom is 0.306 e. The molecular formula is C12H17NO3. The Bertz CT molecular complexity index is 364. The predicted molar refractivity (Wildman–Crippen MR) is 58.2 cm³/mol. The largest absolute Gasteiger partial charge is 0.481 e. The fourth-order valence-corrected chi connectivity index (χ4v) is 2.32. The van der Waals surface area contributed by atoms with Gasteiger partial charge in [0.25, 0.3) is 0 Å². The molecule has 1 aliphatic rings. The molecule has 0 unspecified atom stereocenters. The van der Waals surface area contributed by atoms with Gasteiger partial charge in [0, 0.05) is 18.4 Å². The van der Waals surface area contributed by atoms with Gasteiger partial charge >= 0.3 is 5.97 Å². The van der Waals surface area contributed by atoms with E-state index >= 15 is 0 Å². The highest BCUT2D eigenvalue weighted by Crippen LogP contribution is 2.35. The summed E-state index contributed by atoms with van der Waals surface area (Å²) in [5.41, 5.74) is 1.00. The van der Waals surface area contributed by atoms with Crippen molar-refractivity contribution in [2.24, 2.45) is 5.92 Å². The Balaban J connectivity index is 1.96. The minimum atomic E-state index is -0.659. The van der Waals surface area contributed by atoms with Gasteiger partial charge < -0.3 is 9.63 Å². The molecule has 1 aromatic rings. The van der Waals surface area contributed by atoms with Crippen molar-refractivity contribution < 1.29 is 14.4 Å². The standard InChI is InChI=1S/C12H17NO3/c1-2-10-7-11(13-16-10)8-3-5-9(6-4-8)12(14)15/h7-9H,2-6H2,1H3,(H,14,15). The van der Waals surface area contributed by atoms with Crippen LogP contribution in [-0.4, -0.2) is 16.2 Å². The lowest BCUT2D eigenvalue weighted by atomic mass is 9.80. The van der Waals surface area contributed by atoms with Crippen LogP contribution < -0.4 is 0 Å². The van der Waals surface area contributed by atoms with E-state index in [0.29, 0.717) is 5.92 Å². The van der Waals surface area contributed by atoms with Gasteiger partial charge in [0.1, 0.15) is 5.76 Å². The second-order valence-electron chi connectivity index (χ2n) is 4.46. The van der Waals surface area contributed by atoms with E-state index in [1.165, 1.54) is 0 Å². The molecule has 88 valence electrons. The Morgan fingerprint density at radius 2 is 2.19 bits per heavy atom. The zero-order valence-corrected chi connectivity index (χ0v) is 9.48. The van der Waals surface area contributed by atoms with Gasteiger partial charge in [0.2, 0.25) is 0 Å². The molecule has 0 atom stereocenters. The Morgan fingerprint density at radius 3 is 2.69 bits per heavy atom. The Morgan fingerprint density at radius 1 is 1.50 bits per heavy atom. The molecule has 0 radical (unpaired) electrons. The molecule has 16 heavy (non-hydrogen) atoms. The zero-order chi connectivity index (χ0) is 11.5. The highest BCUT2D eigenvalue weighted by Gasteiger charge is 2.28. The third kappa shape index (κ3) is 2.26. The van der Waals surface area contributed by atoms with Gasteiger partial charge in [0.05, 0.1) is 11.6 Å². The molecule has 1 saturated carbocycles. The van der Waals surface area contributed by atoms with Crippen LogP contribution in [0.5, 0.6) is 0 Å². The molecule has 0 aromatic carbocycles. The van der Waals surface area contributed by atoms with Crippen LogP contribution in [0.1, 0.15) is 50.0 Å². The SMILES string of the molecule is CCc1cc(C2CCC(C(=O)O)CC2)no1. The van der Waals surface area contributed by atoms with Crippen LogP contribution >= 0.6 is 0 Å². The molecule has 0 aliphatic heterocycles. The molecule has 2 rings (SSSR count). The monoisotopic (exact) mass is 223 g/mol. The number of nitrogens with zero attached hydrogens (tertiary/aromatic N) is 1. The minimum Gasteiger partial charge on any atom is -0.481 e. The van der Waals surface area contributed by atoms with Gasteiger partial charge in [-0.2, -0.15) is 0 Å². The molecule has 1 aromatic heterocycles. The van der Waals surface area contributed by atoms with E-state index in [1.54, 1.807) is 0 Å². The summed E-state index contributed by atoms with van der Waals surface area (Å²) in [6.45, 7) is 2.03. The average molecular weight is 223 g/mol. The van der Waals surface area contributed by atoms with Gasteiger partial charge in [-0.05, 0) is 25.7 Å². The van der Waals surface area contributed by atoms with E-state index in [4.69, 9.17) is 9.63 Å². The maximum atomic E-state index is 10.8. The molecule has 0 spiro atoms. The number of carbonyl (C=O) groups is 1. The third-order valence-electron chi connectivity index (χ3n) is 3.42. The number of carboxylic acid groups (broad SMARTS) is 1. The van der Waals surface area contributed by atoms with E-state index in [9.17, 15) is 4.79 Å². The van der Waals surface area contributed by atoms with Crippen LogP contribution in [0.25, 0.3) is 0 Å². The van der Waals surface area contributed by atoms with Crippen molar-refractivity contribution in [2.75, 3.05) is 0 Å². The van der Waals surface area contributed by atoms with Gasteiger partial charge in [-0.25, -0.2) is 0 Å². The molecule has 1 aliphatic carbocycles. The van der Waals surface area contributed by atoms with Crippen LogP contribution in [0.4, 0.5) is 0 Å². The molecule has 4 nitrogen and oxygen atoms in total. The van der Waals surface area contributed by atoms with Gasteiger partial charge in [0.15, 0.2) is 0 Å². The number of hydrogen-bond donors (Lipinski definition) is 1. The molecule has 0 bridgehead atoms.